The lowest BCUT2D eigenvalue weighted by molar-refractivity contribution is 0.284. The Morgan fingerprint density at radius 1 is 1.29 bits per heavy atom. The number of aryl methyl sites for hydroxylation is 1. The molecular formula is C13H11NOS2. The summed E-state index contributed by atoms with van der Waals surface area (Å²) < 4.78 is 1.28. The van der Waals surface area contributed by atoms with E-state index in [1.54, 1.807) is 22.7 Å². The molecule has 2 nitrogen and oxygen atoms in total. The first kappa shape index (κ1) is 10.9. The van der Waals surface area contributed by atoms with Gasteiger partial charge in [0, 0.05) is 21.0 Å². The van der Waals surface area contributed by atoms with Gasteiger partial charge in [0.15, 0.2) is 0 Å². The first-order valence-corrected chi connectivity index (χ1v) is 7.03. The molecule has 2 aromatic heterocycles. The average molecular weight is 261 g/mol. The molecule has 0 atom stereocenters. The number of rotatable bonds is 2. The lowest BCUT2D eigenvalue weighted by atomic mass is 10.2. The molecule has 3 rings (SSSR count). The fourth-order valence-electron chi connectivity index (χ4n) is 1.83. The quantitative estimate of drug-likeness (QED) is 0.760. The van der Waals surface area contributed by atoms with Crippen LogP contribution in [0.25, 0.3) is 20.7 Å². The van der Waals surface area contributed by atoms with Gasteiger partial charge in [-0.15, -0.1) is 22.7 Å². The minimum atomic E-state index is 0.0750. The van der Waals surface area contributed by atoms with Gasteiger partial charge in [-0.2, -0.15) is 0 Å². The largest absolute Gasteiger partial charge is 0.391 e. The minimum Gasteiger partial charge on any atom is -0.391 e. The summed E-state index contributed by atoms with van der Waals surface area (Å²) in [4.78, 5) is 5.49. The van der Waals surface area contributed by atoms with Gasteiger partial charge in [0.1, 0.15) is 5.01 Å². The summed E-state index contributed by atoms with van der Waals surface area (Å²) in [5.41, 5.74) is 2.11. The number of thiazole rings is 1. The van der Waals surface area contributed by atoms with Crippen molar-refractivity contribution < 1.29 is 5.11 Å². The van der Waals surface area contributed by atoms with Crippen LogP contribution in [0.2, 0.25) is 0 Å². The van der Waals surface area contributed by atoms with Crippen molar-refractivity contribution in [2.45, 2.75) is 13.5 Å². The van der Waals surface area contributed by atoms with Crippen molar-refractivity contribution in [2.75, 3.05) is 0 Å². The second kappa shape index (κ2) is 4.22. The lowest BCUT2D eigenvalue weighted by Crippen LogP contribution is -1.80. The highest BCUT2D eigenvalue weighted by atomic mass is 32.1. The summed E-state index contributed by atoms with van der Waals surface area (Å²) in [5.74, 6) is 0. The molecule has 0 spiro atoms. The van der Waals surface area contributed by atoms with E-state index in [0.29, 0.717) is 0 Å². The van der Waals surface area contributed by atoms with Crippen LogP contribution in [0.1, 0.15) is 10.6 Å². The first-order valence-electron chi connectivity index (χ1n) is 5.33. The number of hydrogen-bond acceptors (Lipinski definition) is 4. The Kier molecular flexibility index (Phi) is 2.70. The molecule has 0 saturated heterocycles. The standard InChI is InChI=1S/C13H11NOS2/c1-8-12(6-15)17-13(14-8)10-7-16-11-5-3-2-4-9(10)11/h2-5,7,15H,6H2,1H3. The summed E-state index contributed by atoms with van der Waals surface area (Å²) in [6, 6.07) is 8.34. The van der Waals surface area contributed by atoms with Crippen molar-refractivity contribution in [3.8, 4) is 10.6 Å². The number of aromatic nitrogens is 1. The van der Waals surface area contributed by atoms with Crippen molar-refractivity contribution in [2.24, 2.45) is 0 Å². The summed E-state index contributed by atoms with van der Waals surface area (Å²) in [5, 5.41) is 13.6. The zero-order valence-electron chi connectivity index (χ0n) is 9.30. The molecule has 2 heterocycles. The van der Waals surface area contributed by atoms with Crippen LogP contribution in [-0.4, -0.2) is 10.1 Å². The fourth-order valence-corrected chi connectivity index (χ4v) is 3.81. The van der Waals surface area contributed by atoms with Crippen LogP contribution in [0.3, 0.4) is 0 Å². The Morgan fingerprint density at radius 2 is 2.12 bits per heavy atom. The zero-order valence-corrected chi connectivity index (χ0v) is 10.9. The molecule has 0 aliphatic heterocycles. The average Bonchev–Trinajstić information content (AvgIpc) is 2.92. The van der Waals surface area contributed by atoms with Gasteiger partial charge in [-0.1, -0.05) is 18.2 Å². The molecule has 0 bridgehead atoms. The molecular weight excluding hydrogens is 250 g/mol. The highest BCUT2D eigenvalue weighted by Crippen LogP contribution is 2.36. The Hall–Kier alpha value is -1.23. The molecule has 0 saturated carbocycles. The number of nitrogens with zero attached hydrogens (tertiary/aromatic N) is 1. The predicted molar refractivity (Wildman–Crippen MR) is 73.6 cm³/mol. The maximum atomic E-state index is 9.22. The van der Waals surface area contributed by atoms with Crippen LogP contribution in [-0.2, 0) is 6.61 Å². The van der Waals surface area contributed by atoms with E-state index in [0.717, 1.165) is 15.6 Å². The molecule has 0 fully saturated rings. The van der Waals surface area contributed by atoms with E-state index in [-0.39, 0.29) is 6.61 Å². The van der Waals surface area contributed by atoms with Crippen LogP contribution in [0, 0.1) is 6.92 Å². The lowest BCUT2D eigenvalue weighted by Gasteiger charge is -1.93. The van der Waals surface area contributed by atoms with Crippen molar-refractivity contribution in [3.63, 3.8) is 0 Å². The van der Waals surface area contributed by atoms with Crippen molar-refractivity contribution in [1.82, 2.24) is 4.98 Å². The van der Waals surface area contributed by atoms with Gasteiger partial charge in [0.2, 0.25) is 0 Å². The van der Waals surface area contributed by atoms with Crippen molar-refractivity contribution in [3.05, 3.63) is 40.2 Å². The monoisotopic (exact) mass is 261 g/mol. The smallest absolute Gasteiger partial charge is 0.125 e. The summed E-state index contributed by atoms with van der Waals surface area (Å²) >= 11 is 3.31. The van der Waals surface area contributed by atoms with E-state index < -0.39 is 0 Å². The number of aliphatic hydroxyl groups excluding tert-OH is 1. The van der Waals surface area contributed by atoms with E-state index in [9.17, 15) is 5.11 Å². The van der Waals surface area contributed by atoms with Gasteiger partial charge in [0.05, 0.1) is 17.2 Å². The highest BCUT2D eigenvalue weighted by Gasteiger charge is 2.12. The Labute approximate surface area is 107 Å². The maximum Gasteiger partial charge on any atom is 0.125 e. The molecule has 1 N–H and O–H groups in total. The number of benzene rings is 1. The van der Waals surface area contributed by atoms with Gasteiger partial charge in [0.25, 0.3) is 0 Å². The van der Waals surface area contributed by atoms with Crippen LogP contribution >= 0.6 is 22.7 Å². The highest BCUT2D eigenvalue weighted by molar-refractivity contribution is 7.19. The summed E-state index contributed by atoms with van der Waals surface area (Å²) in [6.45, 7) is 2.02. The van der Waals surface area contributed by atoms with Gasteiger partial charge in [-0.3, -0.25) is 0 Å². The molecule has 0 aliphatic carbocycles. The number of hydrogen-bond donors (Lipinski definition) is 1. The van der Waals surface area contributed by atoms with Crippen molar-refractivity contribution >= 4 is 32.8 Å². The van der Waals surface area contributed by atoms with E-state index in [1.165, 1.54) is 15.6 Å². The number of fused-ring (bicyclic) bond motifs is 1. The molecule has 86 valence electrons. The van der Waals surface area contributed by atoms with Gasteiger partial charge in [-0.05, 0) is 13.0 Å². The van der Waals surface area contributed by atoms with E-state index in [4.69, 9.17) is 0 Å². The summed E-state index contributed by atoms with van der Waals surface area (Å²) in [6.07, 6.45) is 0. The van der Waals surface area contributed by atoms with Gasteiger partial charge < -0.3 is 5.11 Å². The molecule has 0 unspecified atom stereocenters. The second-order valence-electron chi connectivity index (χ2n) is 3.83. The third-order valence-electron chi connectivity index (χ3n) is 2.75. The van der Waals surface area contributed by atoms with E-state index in [2.05, 4.69) is 28.6 Å². The zero-order chi connectivity index (χ0) is 11.8. The van der Waals surface area contributed by atoms with Gasteiger partial charge in [-0.25, -0.2) is 4.98 Å². The van der Waals surface area contributed by atoms with Crippen LogP contribution in [0.5, 0.6) is 0 Å². The van der Waals surface area contributed by atoms with Crippen LogP contribution < -0.4 is 0 Å². The predicted octanol–water partition coefficient (Wildman–Crippen LogP) is 3.83. The summed E-state index contributed by atoms with van der Waals surface area (Å²) in [7, 11) is 0. The van der Waals surface area contributed by atoms with E-state index >= 15 is 0 Å². The first-order chi connectivity index (χ1) is 8.29. The molecule has 0 amide bonds. The second-order valence-corrected chi connectivity index (χ2v) is 5.83. The van der Waals surface area contributed by atoms with Gasteiger partial charge >= 0.3 is 0 Å². The Bertz CT molecular complexity index is 669. The fraction of sp³-hybridized carbons (Fsp3) is 0.154. The number of thiophene rings is 1. The van der Waals surface area contributed by atoms with Crippen LogP contribution in [0.4, 0.5) is 0 Å². The molecule has 1 aromatic carbocycles. The molecule has 17 heavy (non-hydrogen) atoms. The SMILES string of the molecule is Cc1nc(-c2csc3ccccc23)sc1CO. The Morgan fingerprint density at radius 3 is 2.88 bits per heavy atom. The molecule has 3 aromatic rings. The third kappa shape index (κ3) is 1.78. The molecule has 4 heteroatoms. The van der Waals surface area contributed by atoms with Crippen LogP contribution in [0.15, 0.2) is 29.6 Å². The number of aliphatic hydroxyl groups is 1. The topological polar surface area (TPSA) is 33.1 Å². The molecule has 0 radical (unpaired) electrons. The molecule has 0 aliphatic rings. The Balaban J connectivity index is 2.20. The van der Waals surface area contributed by atoms with Crippen molar-refractivity contribution in [1.29, 1.82) is 0 Å². The van der Waals surface area contributed by atoms with E-state index in [1.807, 2.05) is 13.0 Å². The minimum absolute atomic E-state index is 0.0750. The maximum absolute atomic E-state index is 9.22. The third-order valence-corrected chi connectivity index (χ3v) is 4.89. The normalized spacial score (nSPS) is 11.2.